The Morgan fingerprint density at radius 2 is 1.95 bits per heavy atom. The first kappa shape index (κ1) is 15.3. The van der Waals surface area contributed by atoms with Crippen molar-refractivity contribution in [1.29, 1.82) is 0 Å². The quantitative estimate of drug-likeness (QED) is 0.826. The molecule has 5 nitrogen and oxygen atoms in total. The molecule has 0 aromatic carbocycles. The van der Waals surface area contributed by atoms with Crippen molar-refractivity contribution in [3.05, 3.63) is 23.2 Å². The van der Waals surface area contributed by atoms with Crippen LogP contribution in [0.25, 0.3) is 6.08 Å². The molecule has 0 spiro atoms. The summed E-state index contributed by atoms with van der Waals surface area (Å²) in [4.78, 5) is 7.39. The van der Waals surface area contributed by atoms with Gasteiger partial charge in [0, 0.05) is 12.2 Å². The van der Waals surface area contributed by atoms with E-state index in [0.717, 1.165) is 16.9 Å². The number of likely N-dealkylation sites (N-methyl/N-ethyl adjacent to an activating group) is 1. The van der Waals surface area contributed by atoms with E-state index in [4.69, 9.17) is 9.31 Å². The van der Waals surface area contributed by atoms with Crippen molar-refractivity contribution in [1.82, 2.24) is 15.3 Å². The van der Waals surface area contributed by atoms with Crippen LogP contribution in [0.1, 0.15) is 39.1 Å². The van der Waals surface area contributed by atoms with Crippen LogP contribution >= 0.6 is 0 Å². The molecule has 1 aliphatic heterocycles. The second kappa shape index (κ2) is 5.35. The Bertz CT molecular complexity index is 492. The van der Waals surface area contributed by atoms with Gasteiger partial charge in [0.1, 0.15) is 0 Å². The van der Waals surface area contributed by atoms with Crippen LogP contribution in [0, 0.1) is 6.92 Å². The number of imidazole rings is 1. The predicted molar refractivity (Wildman–Crippen MR) is 81.3 cm³/mol. The zero-order valence-electron chi connectivity index (χ0n) is 13.2. The first-order chi connectivity index (χ1) is 9.27. The van der Waals surface area contributed by atoms with Gasteiger partial charge in [0.25, 0.3) is 0 Å². The van der Waals surface area contributed by atoms with Crippen molar-refractivity contribution in [3.63, 3.8) is 0 Å². The van der Waals surface area contributed by atoms with E-state index in [1.54, 1.807) is 6.33 Å². The number of hydrogen-bond acceptors (Lipinski definition) is 4. The molecule has 0 atom stereocenters. The van der Waals surface area contributed by atoms with Gasteiger partial charge in [0.05, 0.1) is 23.2 Å². The molecule has 1 aromatic rings. The number of hydrogen-bond donors (Lipinski definition) is 2. The van der Waals surface area contributed by atoms with Gasteiger partial charge in [-0.2, -0.15) is 0 Å². The number of aryl methyl sites for hydroxylation is 1. The average molecular weight is 277 g/mol. The summed E-state index contributed by atoms with van der Waals surface area (Å²) in [5.74, 6) is 0. The van der Waals surface area contributed by atoms with Gasteiger partial charge >= 0.3 is 7.12 Å². The monoisotopic (exact) mass is 277 g/mol. The molecular formula is C14H24BN3O2. The second-order valence-electron chi connectivity index (χ2n) is 6.25. The molecule has 110 valence electrons. The lowest BCUT2D eigenvalue weighted by atomic mass is 9.77. The van der Waals surface area contributed by atoms with E-state index in [1.807, 2.05) is 20.0 Å². The molecule has 2 rings (SSSR count). The molecule has 0 amide bonds. The molecule has 20 heavy (non-hydrogen) atoms. The van der Waals surface area contributed by atoms with E-state index < -0.39 is 0 Å². The molecule has 0 radical (unpaired) electrons. The van der Waals surface area contributed by atoms with Crippen LogP contribution < -0.4 is 5.32 Å². The van der Waals surface area contributed by atoms with Gasteiger partial charge in [-0.15, -0.1) is 0 Å². The number of H-pyrrole nitrogens is 1. The summed E-state index contributed by atoms with van der Waals surface area (Å²) in [7, 11) is 1.57. The Morgan fingerprint density at radius 3 is 2.40 bits per heavy atom. The third-order valence-electron chi connectivity index (χ3n) is 4.13. The van der Waals surface area contributed by atoms with E-state index in [9.17, 15) is 0 Å². The summed E-state index contributed by atoms with van der Waals surface area (Å²) >= 11 is 0. The lowest BCUT2D eigenvalue weighted by Crippen LogP contribution is -2.41. The molecule has 1 aromatic heterocycles. The zero-order valence-corrected chi connectivity index (χ0v) is 13.2. The topological polar surface area (TPSA) is 59.2 Å². The van der Waals surface area contributed by atoms with Crippen molar-refractivity contribution < 1.29 is 9.31 Å². The number of aromatic nitrogens is 2. The Balaban J connectivity index is 2.27. The van der Waals surface area contributed by atoms with Gasteiger partial charge in [0.15, 0.2) is 0 Å². The summed E-state index contributed by atoms with van der Waals surface area (Å²) in [6.07, 6.45) is 3.73. The Kier molecular flexibility index (Phi) is 4.09. The molecular weight excluding hydrogens is 253 g/mol. The Labute approximate surface area is 121 Å². The Morgan fingerprint density at radius 1 is 1.35 bits per heavy atom. The predicted octanol–water partition coefficient (Wildman–Crippen LogP) is 1.95. The lowest BCUT2D eigenvalue weighted by Gasteiger charge is -2.32. The van der Waals surface area contributed by atoms with E-state index in [2.05, 4.69) is 43.0 Å². The molecule has 6 heteroatoms. The summed E-state index contributed by atoms with van der Waals surface area (Å²) in [5.41, 5.74) is 2.34. The van der Waals surface area contributed by atoms with Crippen molar-refractivity contribution in [2.24, 2.45) is 0 Å². The summed E-state index contributed by atoms with van der Waals surface area (Å²) in [6.45, 7) is 10.9. The Hall–Kier alpha value is -1.11. The van der Waals surface area contributed by atoms with E-state index in [1.165, 1.54) is 0 Å². The van der Waals surface area contributed by atoms with Crippen LogP contribution in [0.15, 0.2) is 11.8 Å². The first-order valence-corrected chi connectivity index (χ1v) is 6.97. The summed E-state index contributed by atoms with van der Waals surface area (Å²) in [5, 5.41) is 3.17. The highest BCUT2D eigenvalue weighted by Gasteiger charge is 2.52. The van der Waals surface area contributed by atoms with Crippen LogP contribution in [0.4, 0.5) is 0 Å². The van der Waals surface area contributed by atoms with Crippen LogP contribution in [0.3, 0.4) is 0 Å². The maximum Gasteiger partial charge on any atom is 0.491 e. The van der Waals surface area contributed by atoms with Gasteiger partial charge in [-0.05, 0) is 53.2 Å². The van der Waals surface area contributed by atoms with Crippen LogP contribution in [0.5, 0.6) is 0 Å². The van der Waals surface area contributed by atoms with Gasteiger partial charge in [-0.3, -0.25) is 0 Å². The van der Waals surface area contributed by atoms with Gasteiger partial charge in [0.2, 0.25) is 0 Å². The number of rotatable bonds is 4. The number of nitrogens with one attached hydrogen (secondary N) is 2. The zero-order chi connectivity index (χ0) is 15.0. The van der Waals surface area contributed by atoms with Gasteiger partial charge in [-0.1, -0.05) is 0 Å². The molecule has 2 heterocycles. The number of nitrogens with zero attached hydrogens (tertiary/aromatic N) is 1. The molecule has 1 saturated heterocycles. The molecule has 2 N–H and O–H groups in total. The van der Waals surface area contributed by atoms with Crippen LogP contribution in [-0.2, 0) is 9.31 Å². The smallest absolute Gasteiger partial charge is 0.400 e. The molecule has 0 bridgehead atoms. The first-order valence-electron chi connectivity index (χ1n) is 6.97. The maximum absolute atomic E-state index is 6.10. The second-order valence-corrected chi connectivity index (χ2v) is 6.25. The van der Waals surface area contributed by atoms with E-state index in [-0.39, 0.29) is 18.3 Å². The summed E-state index contributed by atoms with van der Waals surface area (Å²) < 4.78 is 12.2. The molecule has 1 fully saturated rings. The highest BCUT2D eigenvalue weighted by molar-refractivity contribution is 6.55. The minimum atomic E-state index is -0.344. The third-order valence-corrected chi connectivity index (χ3v) is 4.13. The highest BCUT2D eigenvalue weighted by atomic mass is 16.7. The highest BCUT2D eigenvalue weighted by Crippen LogP contribution is 2.38. The maximum atomic E-state index is 6.10. The van der Waals surface area contributed by atoms with Crippen LogP contribution in [0.2, 0.25) is 0 Å². The largest absolute Gasteiger partial charge is 0.491 e. The molecule has 0 unspecified atom stereocenters. The van der Waals surface area contributed by atoms with Crippen molar-refractivity contribution in [2.45, 2.75) is 45.8 Å². The fourth-order valence-electron chi connectivity index (χ4n) is 2.09. The fourth-order valence-corrected chi connectivity index (χ4v) is 2.09. The lowest BCUT2D eigenvalue weighted by molar-refractivity contribution is 0.00578. The van der Waals surface area contributed by atoms with Gasteiger partial charge in [-0.25, -0.2) is 4.98 Å². The normalized spacial score (nSPS) is 21.5. The standard InChI is InChI=1S/C14H24BN3O2/c1-10-12(18-9-17-10)7-11(8-16-6)15-19-13(2,3)14(4,5)20-15/h7,9,16H,8H2,1-6H3,(H,17,18). The van der Waals surface area contributed by atoms with E-state index in [0.29, 0.717) is 6.54 Å². The van der Waals surface area contributed by atoms with Crippen LogP contribution in [-0.4, -0.2) is 41.9 Å². The minimum absolute atomic E-state index is 0.328. The van der Waals surface area contributed by atoms with Crippen molar-refractivity contribution >= 4 is 13.2 Å². The third kappa shape index (κ3) is 2.82. The molecule has 1 aliphatic rings. The minimum Gasteiger partial charge on any atom is -0.400 e. The number of aromatic amines is 1. The van der Waals surface area contributed by atoms with Gasteiger partial charge < -0.3 is 19.6 Å². The van der Waals surface area contributed by atoms with Crippen molar-refractivity contribution in [3.8, 4) is 0 Å². The fraction of sp³-hybridized carbons (Fsp3) is 0.643. The van der Waals surface area contributed by atoms with E-state index >= 15 is 0 Å². The average Bonchev–Trinajstić information content (AvgIpc) is 2.81. The van der Waals surface area contributed by atoms with Crippen molar-refractivity contribution in [2.75, 3.05) is 13.6 Å². The molecule has 0 aliphatic carbocycles. The SMILES string of the molecule is CNCC(=Cc1nc[nH]c1C)B1OC(C)(C)C(C)(C)O1. The summed E-state index contributed by atoms with van der Waals surface area (Å²) in [6, 6.07) is 0. The molecule has 0 saturated carbocycles.